The van der Waals surface area contributed by atoms with E-state index < -0.39 is 97.5 Å². The predicted molar refractivity (Wildman–Crippen MR) is 409 cm³/mol. The van der Waals surface area contributed by atoms with Crippen LogP contribution in [0.3, 0.4) is 0 Å². The number of ether oxygens (including phenoxy) is 4. The summed E-state index contributed by atoms with van der Waals surface area (Å²) in [7, 11) is -9.92. The second-order valence-corrected chi connectivity index (χ2v) is 32.5. The Morgan fingerprint density at radius 1 is 0.270 bits per heavy atom. The minimum absolute atomic E-state index is 0.107. The zero-order valence-electron chi connectivity index (χ0n) is 65.3. The summed E-state index contributed by atoms with van der Waals surface area (Å²) in [6, 6.07) is 0. The Morgan fingerprint density at radius 3 is 0.680 bits per heavy atom. The van der Waals surface area contributed by atoms with Crippen molar-refractivity contribution in [3.63, 3.8) is 0 Å². The van der Waals surface area contributed by atoms with E-state index in [0.717, 1.165) is 95.8 Å². The monoisotopic (exact) mass is 1470 g/mol. The van der Waals surface area contributed by atoms with Gasteiger partial charge in [-0.1, -0.05) is 381 Å². The molecule has 100 heavy (non-hydrogen) atoms. The van der Waals surface area contributed by atoms with Gasteiger partial charge in [0.2, 0.25) is 0 Å². The van der Waals surface area contributed by atoms with Gasteiger partial charge in [-0.25, -0.2) is 9.13 Å². The molecule has 0 bridgehead atoms. The molecule has 0 spiro atoms. The fraction of sp³-hybridized carbons (Fsp3) is 0.951. The lowest BCUT2D eigenvalue weighted by Gasteiger charge is -2.21. The Bertz CT molecular complexity index is 1910. The lowest BCUT2D eigenvalue weighted by atomic mass is 10.0. The fourth-order valence-corrected chi connectivity index (χ4v) is 14.2. The normalized spacial score (nSPS) is 13.8. The zero-order chi connectivity index (χ0) is 73.4. The minimum Gasteiger partial charge on any atom is -0.462 e. The maximum absolute atomic E-state index is 13.1. The summed E-state index contributed by atoms with van der Waals surface area (Å²) in [5.74, 6) is -1.33. The number of aliphatic hydroxyl groups excluding tert-OH is 1. The van der Waals surface area contributed by atoms with Crippen molar-refractivity contribution in [2.24, 2.45) is 5.92 Å². The lowest BCUT2D eigenvalue weighted by molar-refractivity contribution is -0.161. The van der Waals surface area contributed by atoms with Crippen molar-refractivity contribution < 1.29 is 80.2 Å². The number of unbranched alkanes of at least 4 members (excludes halogenated alkanes) is 53. The molecule has 0 aliphatic heterocycles. The summed E-state index contributed by atoms with van der Waals surface area (Å²) in [5.41, 5.74) is 0. The molecule has 0 aromatic carbocycles. The van der Waals surface area contributed by atoms with E-state index in [9.17, 15) is 43.2 Å². The summed E-state index contributed by atoms with van der Waals surface area (Å²) in [4.78, 5) is 73.0. The molecule has 17 nitrogen and oxygen atoms in total. The van der Waals surface area contributed by atoms with Gasteiger partial charge in [0.25, 0.3) is 0 Å². The molecular formula is C81H158O17P2. The zero-order valence-corrected chi connectivity index (χ0v) is 67.1. The molecule has 0 saturated carbocycles. The molecule has 0 fully saturated rings. The van der Waals surface area contributed by atoms with Gasteiger partial charge < -0.3 is 33.8 Å². The Balaban J connectivity index is 5.22. The molecule has 0 heterocycles. The Labute approximate surface area is 613 Å². The van der Waals surface area contributed by atoms with E-state index in [-0.39, 0.29) is 25.7 Å². The number of aliphatic hydroxyl groups is 1. The molecule has 2 unspecified atom stereocenters. The number of rotatable bonds is 81. The third-order valence-electron chi connectivity index (χ3n) is 19.0. The van der Waals surface area contributed by atoms with Gasteiger partial charge in [0.1, 0.15) is 19.3 Å². The van der Waals surface area contributed by atoms with Gasteiger partial charge in [-0.3, -0.25) is 37.3 Å². The molecule has 0 amide bonds. The molecule has 5 atom stereocenters. The van der Waals surface area contributed by atoms with Crippen LogP contribution in [0.25, 0.3) is 0 Å². The molecule has 0 aliphatic rings. The van der Waals surface area contributed by atoms with Gasteiger partial charge in [0.05, 0.1) is 26.4 Å². The van der Waals surface area contributed by atoms with Crippen molar-refractivity contribution in [2.75, 3.05) is 39.6 Å². The van der Waals surface area contributed by atoms with Gasteiger partial charge >= 0.3 is 39.5 Å². The summed E-state index contributed by atoms with van der Waals surface area (Å²) < 4.78 is 68.7. The second-order valence-electron chi connectivity index (χ2n) is 29.6. The van der Waals surface area contributed by atoms with Crippen LogP contribution < -0.4 is 0 Å². The van der Waals surface area contributed by atoms with Crippen LogP contribution in [0.1, 0.15) is 433 Å². The number of carbonyl (C=O) groups excluding carboxylic acids is 4. The SMILES string of the molecule is CCCCCCCCCCCCCCCCCCCCCC(=O)O[C@H](COC(=O)CCCCCCCCCCCCCCCCCCC)COP(=O)(O)OC[C@@H](O)COP(=O)(O)OC[C@@H](COC(=O)CCCCCCCCCCC)OC(=O)CCCCCCCCCCCCCCC(C)C. The van der Waals surface area contributed by atoms with Crippen molar-refractivity contribution in [3.8, 4) is 0 Å². The molecule has 0 aromatic heterocycles. The average Bonchev–Trinajstić information content (AvgIpc) is 0.933. The topological polar surface area (TPSA) is 237 Å². The number of carbonyl (C=O) groups is 4. The minimum atomic E-state index is -4.96. The molecule has 0 radical (unpaired) electrons. The number of hydrogen-bond acceptors (Lipinski definition) is 15. The molecule has 0 rings (SSSR count). The highest BCUT2D eigenvalue weighted by molar-refractivity contribution is 7.47. The molecule has 3 N–H and O–H groups in total. The molecule has 0 aromatic rings. The number of phosphoric ester groups is 2. The Hall–Kier alpha value is -1.94. The third kappa shape index (κ3) is 74.3. The first-order valence-corrected chi connectivity index (χ1v) is 45.1. The maximum atomic E-state index is 13.1. The highest BCUT2D eigenvalue weighted by atomic mass is 31.2. The molecule has 0 saturated heterocycles. The molecule has 0 aliphatic carbocycles. The highest BCUT2D eigenvalue weighted by Crippen LogP contribution is 2.45. The Morgan fingerprint density at radius 2 is 0.460 bits per heavy atom. The van der Waals surface area contributed by atoms with Crippen molar-refractivity contribution in [1.29, 1.82) is 0 Å². The van der Waals surface area contributed by atoms with Crippen molar-refractivity contribution in [1.82, 2.24) is 0 Å². The van der Waals surface area contributed by atoms with Crippen molar-refractivity contribution in [3.05, 3.63) is 0 Å². The summed E-state index contributed by atoms with van der Waals surface area (Å²) in [5, 5.41) is 10.6. The van der Waals surface area contributed by atoms with Crippen LogP contribution in [-0.4, -0.2) is 96.7 Å². The van der Waals surface area contributed by atoms with Crippen LogP contribution in [0.2, 0.25) is 0 Å². The van der Waals surface area contributed by atoms with Crippen LogP contribution in [0, 0.1) is 5.92 Å². The van der Waals surface area contributed by atoms with Gasteiger partial charge in [0, 0.05) is 25.7 Å². The van der Waals surface area contributed by atoms with E-state index in [4.69, 9.17) is 37.0 Å². The first-order valence-electron chi connectivity index (χ1n) is 42.1. The second kappa shape index (κ2) is 73.9. The third-order valence-corrected chi connectivity index (χ3v) is 20.9. The molecular weight excluding hydrogens is 1310 g/mol. The summed E-state index contributed by atoms with van der Waals surface area (Å²) >= 11 is 0. The van der Waals surface area contributed by atoms with Crippen LogP contribution in [0.4, 0.5) is 0 Å². The molecule has 594 valence electrons. The summed E-state index contributed by atoms with van der Waals surface area (Å²) in [6.45, 7) is 7.33. The van der Waals surface area contributed by atoms with Crippen molar-refractivity contribution >= 4 is 39.5 Å². The maximum Gasteiger partial charge on any atom is 0.472 e. The van der Waals surface area contributed by atoms with Crippen LogP contribution >= 0.6 is 15.6 Å². The largest absolute Gasteiger partial charge is 0.472 e. The quantitative estimate of drug-likeness (QED) is 0.0222. The number of esters is 4. The smallest absolute Gasteiger partial charge is 0.462 e. The first-order chi connectivity index (χ1) is 48.5. The van der Waals surface area contributed by atoms with E-state index in [1.165, 1.54) is 257 Å². The summed E-state index contributed by atoms with van der Waals surface area (Å²) in [6.07, 6.45) is 65.2. The highest BCUT2D eigenvalue weighted by Gasteiger charge is 2.30. The van der Waals surface area contributed by atoms with Gasteiger partial charge in [-0.2, -0.15) is 0 Å². The lowest BCUT2D eigenvalue weighted by Crippen LogP contribution is -2.30. The number of hydrogen-bond donors (Lipinski definition) is 3. The standard InChI is InChI=1S/C81H158O17P2/c1-6-9-12-15-18-21-23-25-27-29-30-32-34-36-41-46-51-56-61-66-80(85)98-77(71-92-79(84)65-60-55-50-45-40-35-33-31-28-26-24-22-19-16-13-10-7-2)73-96-100(89,90)94-69-75(82)68-93-99(87,88)95-72-76(70-91-78(83)64-59-54-49-43-20-17-14-11-8-3)97-81(86)67-62-57-52-47-42-38-37-39-44-48-53-58-63-74(4)5/h74-77,82H,6-73H2,1-5H3,(H,87,88)(H,89,90)/t75-,76+,77+/m0/s1. The fourth-order valence-electron chi connectivity index (χ4n) is 12.6. The van der Waals surface area contributed by atoms with E-state index in [0.29, 0.717) is 25.7 Å². The number of phosphoric acid groups is 2. The van der Waals surface area contributed by atoms with E-state index in [1.54, 1.807) is 0 Å². The van der Waals surface area contributed by atoms with Gasteiger partial charge in [-0.05, 0) is 31.6 Å². The van der Waals surface area contributed by atoms with E-state index >= 15 is 0 Å². The van der Waals surface area contributed by atoms with E-state index in [1.807, 2.05) is 0 Å². The molecule has 19 heteroatoms. The average molecular weight is 1470 g/mol. The van der Waals surface area contributed by atoms with Crippen molar-refractivity contribution in [2.45, 2.75) is 451 Å². The van der Waals surface area contributed by atoms with Crippen LogP contribution in [-0.2, 0) is 65.4 Å². The van der Waals surface area contributed by atoms with Crippen LogP contribution in [0.15, 0.2) is 0 Å². The first kappa shape index (κ1) is 98.1. The predicted octanol–water partition coefficient (Wildman–Crippen LogP) is 24.4. The Kier molecular flexibility index (Phi) is 72.5. The van der Waals surface area contributed by atoms with E-state index in [2.05, 4.69) is 34.6 Å². The van der Waals surface area contributed by atoms with Gasteiger partial charge in [0.15, 0.2) is 12.2 Å². The van der Waals surface area contributed by atoms with Crippen LogP contribution in [0.5, 0.6) is 0 Å². The van der Waals surface area contributed by atoms with Gasteiger partial charge in [-0.15, -0.1) is 0 Å².